The molecule has 7 nitrogen and oxygen atoms in total. The van der Waals surface area contributed by atoms with Gasteiger partial charge in [-0.15, -0.1) is 0 Å². The highest BCUT2D eigenvalue weighted by Gasteiger charge is 2.25. The second kappa shape index (κ2) is 14.3. The van der Waals surface area contributed by atoms with Crippen molar-refractivity contribution in [2.75, 3.05) is 6.54 Å². The number of rotatable bonds is 15. The van der Waals surface area contributed by atoms with Crippen LogP contribution in [0.4, 0.5) is 13.2 Å². The Bertz CT molecular complexity index is 724. The van der Waals surface area contributed by atoms with Crippen molar-refractivity contribution in [3.63, 3.8) is 0 Å². The molecule has 1 aromatic carbocycles. The van der Waals surface area contributed by atoms with Crippen LogP contribution < -0.4 is 16.4 Å². The summed E-state index contributed by atoms with van der Waals surface area (Å²) in [7, 11) is 0. The van der Waals surface area contributed by atoms with Crippen LogP contribution in [0.25, 0.3) is 0 Å². The number of carbonyl (C=O) groups is 3. The fourth-order valence-electron chi connectivity index (χ4n) is 3.07. The van der Waals surface area contributed by atoms with Gasteiger partial charge < -0.3 is 21.5 Å². The molecule has 3 amide bonds. The van der Waals surface area contributed by atoms with Gasteiger partial charge in [0.05, 0.1) is 6.42 Å². The predicted molar refractivity (Wildman–Crippen MR) is 114 cm³/mol. The maximum absolute atomic E-state index is 12.1. The van der Waals surface area contributed by atoms with Crippen molar-refractivity contribution in [2.45, 2.75) is 76.4 Å². The maximum atomic E-state index is 12.1. The number of phenols is 1. The van der Waals surface area contributed by atoms with Crippen molar-refractivity contribution in [2.24, 2.45) is 5.73 Å². The third-order valence-electron chi connectivity index (χ3n) is 4.85. The minimum atomic E-state index is -4.11. The molecular weight excluding hydrogens is 427 g/mol. The molecule has 0 saturated carbocycles. The highest BCUT2D eigenvalue weighted by atomic mass is 19.4. The molecule has 1 unspecified atom stereocenters. The molecule has 0 aromatic heterocycles. The fraction of sp³-hybridized carbons (Fsp3) is 0.591. The van der Waals surface area contributed by atoms with Crippen LogP contribution in [0.15, 0.2) is 24.3 Å². The van der Waals surface area contributed by atoms with Crippen molar-refractivity contribution < 1.29 is 32.7 Å². The molecule has 1 atom stereocenters. The Morgan fingerprint density at radius 1 is 0.938 bits per heavy atom. The van der Waals surface area contributed by atoms with Gasteiger partial charge in [0.25, 0.3) is 0 Å². The number of primary amides is 1. The number of aromatic hydroxyl groups is 1. The fourth-order valence-corrected chi connectivity index (χ4v) is 3.07. The van der Waals surface area contributed by atoms with Crippen LogP contribution in [0.2, 0.25) is 0 Å². The van der Waals surface area contributed by atoms with Gasteiger partial charge in [0.2, 0.25) is 17.7 Å². The van der Waals surface area contributed by atoms with E-state index in [0.717, 1.165) is 12.0 Å². The van der Waals surface area contributed by atoms with Gasteiger partial charge in [-0.05, 0) is 37.0 Å². The van der Waals surface area contributed by atoms with Crippen LogP contribution in [0.5, 0.6) is 5.75 Å². The SMILES string of the molecule is NC(=O)C(CC(=O)NCCc1ccc(O)cc1)NC(=O)CCCCCCCCC(F)(F)F. The molecule has 5 N–H and O–H groups in total. The molecule has 0 bridgehead atoms. The highest BCUT2D eigenvalue weighted by Crippen LogP contribution is 2.23. The number of halogens is 3. The van der Waals surface area contributed by atoms with Gasteiger partial charge in [-0.2, -0.15) is 13.2 Å². The van der Waals surface area contributed by atoms with E-state index in [0.29, 0.717) is 38.6 Å². The Balaban J connectivity index is 2.20. The predicted octanol–water partition coefficient (Wildman–Crippen LogP) is 3.09. The second-order valence-corrected chi connectivity index (χ2v) is 7.73. The quantitative estimate of drug-likeness (QED) is 0.301. The van der Waals surface area contributed by atoms with Crippen molar-refractivity contribution >= 4 is 17.7 Å². The van der Waals surface area contributed by atoms with Crippen LogP contribution in [-0.2, 0) is 20.8 Å². The zero-order chi connectivity index (χ0) is 24.0. The van der Waals surface area contributed by atoms with Gasteiger partial charge in [0.1, 0.15) is 11.8 Å². The van der Waals surface area contributed by atoms with Gasteiger partial charge in [0.15, 0.2) is 0 Å². The van der Waals surface area contributed by atoms with E-state index in [9.17, 15) is 32.7 Å². The first-order valence-electron chi connectivity index (χ1n) is 10.8. The van der Waals surface area contributed by atoms with E-state index in [-0.39, 0.29) is 25.0 Å². The first-order chi connectivity index (χ1) is 15.1. The molecule has 0 aliphatic rings. The molecular formula is C22H32F3N3O4. The minimum absolute atomic E-state index is 0.112. The normalized spacial score (nSPS) is 12.2. The summed E-state index contributed by atoms with van der Waals surface area (Å²) >= 11 is 0. The third-order valence-corrected chi connectivity index (χ3v) is 4.85. The largest absolute Gasteiger partial charge is 0.508 e. The summed E-state index contributed by atoms with van der Waals surface area (Å²) in [5.41, 5.74) is 6.20. The van der Waals surface area contributed by atoms with Crippen LogP contribution >= 0.6 is 0 Å². The Hall–Kier alpha value is -2.78. The lowest BCUT2D eigenvalue weighted by atomic mass is 10.1. The Morgan fingerprint density at radius 2 is 1.53 bits per heavy atom. The zero-order valence-corrected chi connectivity index (χ0v) is 18.0. The standard InChI is InChI=1S/C22H32F3N3O4/c23-22(24,25)13-6-4-2-1-3-5-7-19(30)28-18(21(26)32)15-20(31)27-14-12-16-8-10-17(29)11-9-16/h8-11,18,29H,1-7,12-15H2,(H2,26,32)(H,27,31)(H,28,30). The molecule has 0 fully saturated rings. The number of hydrogen-bond acceptors (Lipinski definition) is 4. The van der Waals surface area contributed by atoms with Crippen molar-refractivity contribution in [1.82, 2.24) is 10.6 Å². The number of nitrogens with one attached hydrogen (secondary N) is 2. The van der Waals surface area contributed by atoms with E-state index in [1.807, 2.05) is 0 Å². The third kappa shape index (κ3) is 13.5. The lowest BCUT2D eigenvalue weighted by molar-refractivity contribution is -0.135. The molecule has 0 heterocycles. The van der Waals surface area contributed by atoms with Crippen LogP contribution in [0, 0.1) is 0 Å². The van der Waals surface area contributed by atoms with E-state index in [1.165, 1.54) is 0 Å². The molecule has 0 aliphatic carbocycles. The molecule has 0 spiro atoms. The van der Waals surface area contributed by atoms with E-state index >= 15 is 0 Å². The summed E-state index contributed by atoms with van der Waals surface area (Å²) in [6.07, 6.45) is -1.22. The number of carbonyl (C=O) groups excluding carboxylic acids is 3. The number of benzene rings is 1. The Morgan fingerprint density at radius 3 is 2.12 bits per heavy atom. The number of amides is 3. The molecule has 32 heavy (non-hydrogen) atoms. The second-order valence-electron chi connectivity index (χ2n) is 7.73. The summed E-state index contributed by atoms with van der Waals surface area (Å²) in [5.74, 6) is -1.48. The van der Waals surface area contributed by atoms with E-state index < -0.39 is 36.4 Å². The van der Waals surface area contributed by atoms with E-state index in [2.05, 4.69) is 10.6 Å². The molecule has 0 aliphatic heterocycles. The lowest BCUT2D eigenvalue weighted by Gasteiger charge is -2.15. The van der Waals surface area contributed by atoms with Crippen molar-refractivity contribution in [1.29, 1.82) is 0 Å². The average Bonchev–Trinajstić information content (AvgIpc) is 2.70. The van der Waals surface area contributed by atoms with Crippen LogP contribution in [0.3, 0.4) is 0 Å². The molecule has 1 rings (SSSR count). The van der Waals surface area contributed by atoms with Gasteiger partial charge in [-0.3, -0.25) is 14.4 Å². The highest BCUT2D eigenvalue weighted by molar-refractivity contribution is 5.91. The average molecular weight is 460 g/mol. The van der Waals surface area contributed by atoms with Gasteiger partial charge in [0, 0.05) is 19.4 Å². The number of alkyl halides is 3. The van der Waals surface area contributed by atoms with Gasteiger partial charge in [-0.1, -0.05) is 37.8 Å². The summed E-state index contributed by atoms with van der Waals surface area (Å²) < 4.78 is 36.1. The van der Waals surface area contributed by atoms with Crippen LogP contribution in [0.1, 0.15) is 63.4 Å². The van der Waals surface area contributed by atoms with Gasteiger partial charge in [-0.25, -0.2) is 0 Å². The summed E-state index contributed by atoms with van der Waals surface area (Å²) in [6.45, 7) is 0.325. The smallest absolute Gasteiger partial charge is 0.389 e. The summed E-state index contributed by atoms with van der Waals surface area (Å²) in [4.78, 5) is 35.6. The number of unbranched alkanes of at least 4 members (excludes halogenated alkanes) is 5. The van der Waals surface area contributed by atoms with Crippen molar-refractivity contribution in [3.05, 3.63) is 29.8 Å². The first-order valence-corrected chi connectivity index (χ1v) is 10.8. The number of hydrogen-bond donors (Lipinski definition) is 4. The minimum Gasteiger partial charge on any atom is -0.508 e. The molecule has 0 saturated heterocycles. The molecule has 1 aromatic rings. The van der Waals surface area contributed by atoms with Crippen molar-refractivity contribution in [3.8, 4) is 5.75 Å². The van der Waals surface area contributed by atoms with E-state index in [1.54, 1.807) is 24.3 Å². The molecule has 0 radical (unpaired) electrons. The van der Waals surface area contributed by atoms with Gasteiger partial charge >= 0.3 is 6.18 Å². The van der Waals surface area contributed by atoms with Crippen LogP contribution in [-0.4, -0.2) is 41.6 Å². The maximum Gasteiger partial charge on any atom is 0.389 e. The lowest BCUT2D eigenvalue weighted by Crippen LogP contribution is -2.47. The first kappa shape index (κ1) is 27.3. The monoisotopic (exact) mass is 459 g/mol. The number of phenolic OH excluding ortho intramolecular Hbond substituents is 1. The molecule has 10 heteroatoms. The zero-order valence-electron chi connectivity index (χ0n) is 18.0. The Kier molecular flexibility index (Phi) is 12.2. The Labute approximate surface area is 185 Å². The van der Waals surface area contributed by atoms with E-state index in [4.69, 9.17) is 5.73 Å². The summed E-state index contributed by atoms with van der Waals surface area (Å²) in [6, 6.07) is 5.44. The number of nitrogens with two attached hydrogens (primary N) is 1. The molecule has 180 valence electrons. The topological polar surface area (TPSA) is 122 Å². The summed E-state index contributed by atoms with van der Waals surface area (Å²) in [5, 5.41) is 14.4.